The summed E-state index contributed by atoms with van der Waals surface area (Å²) < 4.78 is 7.30. The van der Waals surface area contributed by atoms with Gasteiger partial charge in [-0.1, -0.05) is 72.8 Å². The highest BCUT2D eigenvalue weighted by Crippen LogP contribution is 2.21. The molecule has 4 rings (SSSR count). The van der Waals surface area contributed by atoms with E-state index in [4.69, 9.17) is 4.74 Å². The Hall–Kier alpha value is -3.44. The Balaban J connectivity index is 1.68. The molecule has 3 aromatic carbocycles. The summed E-state index contributed by atoms with van der Waals surface area (Å²) in [6.45, 7) is 2.21. The van der Waals surface area contributed by atoms with E-state index in [1.54, 1.807) is 6.92 Å². The van der Waals surface area contributed by atoms with Crippen molar-refractivity contribution in [3.63, 3.8) is 0 Å². The predicted octanol–water partition coefficient (Wildman–Crippen LogP) is 3.76. The summed E-state index contributed by atoms with van der Waals surface area (Å²) in [5.74, 6) is 0. The van der Waals surface area contributed by atoms with Crippen LogP contribution in [0.5, 0.6) is 0 Å². The molecular formula is C24H22N2O3. The van der Waals surface area contributed by atoms with Crippen molar-refractivity contribution in [2.45, 2.75) is 26.7 Å². The first kappa shape index (κ1) is 18.9. The molecule has 0 aliphatic rings. The molecule has 5 nitrogen and oxygen atoms in total. The van der Waals surface area contributed by atoms with Crippen LogP contribution < -0.4 is 11.2 Å². The maximum atomic E-state index is 12.5. The molecule has 0 radical (unpaired) electrons. The first-order valence-electron chi connectivity index (χ1n) is 9.54. The number of aromatic nitrogens is 2. The van der Waals surface area contributed by atoms with E-state index in [-0.39, 0.29) is 12.3 Å². The highest BCUT2D eigenvalue weighted by Gasteiger charge is 2.14. The minimum Gasteiger partial charge on any atom is -0.356 e. The van der Waals surface area contributed by atoms with Crippen molar-refractivity contribution in [2.24, 2.45) is 0 Å². The largest absolute Gasteiger partial charge is 0.356 e. The molecule has 0 amide bonds. The quantitative estimate of drug-likeness (QED) is 0.549. The number of rotatable bonds is 6. The van der Waals surface area contributed by atoms with Crippen molar-refractivity contribution in [1.82, 2.24) is 9.55 Å². The lowest BCUT2D eigenvalue weighted by atomic mass is 9.99. The molecule has 0 saturated heterocycles. The summed E-state index contributed by atoms with van der Waals surface area (Å²) in [5, 5.41) is 2.24. The maximum Gasteiger partial charge on any atom is 0.330 e. The number of aromatic amines is 1. The second-order valence-electron chi connectivity index (χ2n) is 7.04. The first-order chi connectivity index (χ1) is 14.1. The highest BCUT2D eigenvalue weighted by molar-refractivity contribution is 5.85. The van der Waals surface area contributed by atoms with Gasteiger partial charge in [0.05, 0.1) is 6.61 Å². The van der Waals surface area contributed by atoms with Crippen LogP contribution in [0.15, 0.2) is 82.4 Å². The highest BCUT2D eigenvalue weighted by atomic mass is 16.5. The lowest BCUT2D eigenvalue weighted by Gasteiger charge is -2.16. The molecule has 0 aliphatic heterocycles. The van der Waals surface area contributed by atoms with Crippen LogP contribution in [-0.2, 0) is 24.5 Å². The second-order valence-corrected chi connectivity index (χ2v) is 7.04. The topological polar surface area (TPSA) is 64.1 Å². The van der Waals surface area contributed by atoms with Crippen LogP contribution in [0.3, 0.4) is 0 Å². The lowest BCUT2D eigenvalue weighted by Crippen LogP contribution is -2.35. The third-order valence-corrected chi connectivity index (χ3v) is 5.13. The van der Waals surface area contributed by atoms with E-state index in [2.05, 4.69) is 23.2 Å². The number of fused-ring (bicyclic) bond motifs is 1. The third kappa shape index (κ3) is 4.05. The Bertz CT molecular complexity index is 1250. The van der Waals surface area contributed by atoms with Gasteiger partial charge in [-0.15, -0.1) is 0 Å². The van der Waals surface area contributed by atoms with Gasteiger partial charge < -0.3 is 4.74 Å². The Morgan fingerprint density at radius 3 is 2.45 bits per heavy atom. The maximum absolute atomic E-state index is 12.5. The minimum atomic E-state index is -0.455. The predicted molar refractivity (Wildman–Crippen MR) is 114 cm³/mol. The average Bonchev–Trinajstić information content (AvgIpc) is 2.75. The molecule has 0 bridgehead atoms. The molecular weight excluding hydrogens is 364 g/mol. The number of hydrogen-bond acceptors (Lipinski definition) is 3. The van der Waals surface area contributed by atoms with Crippen LogP contribution in [0.2, 0.25) is 0 Å². The molecule has 0 unspecified atom stereocenters. The standard InChI is InChI=1S/C24H22N2O3/c1-17-22(14-20-12-7-11-19-10-5-6-13-21(19)20)26(24(28)25-23(17)27)16-29-15-18-8-3-2-4-9-18/h2-13H,14-16H2,1H3,(H,25,27,28). The van der Waals surface area contributed by atoms with E-state index in [1.165, 1.54) is 4.57 Å². The summed E-state index contributed by atoms with van der Waals surface area (Å²) in [7, 11) is 0. The van der Waals surface area contributed by atoms with Crippen LogP contribution in [0, 0.1) is 6.92 Å². The van der Waals surface area contributed by atoms with Gasteiger partial charge >= 0.3 is 5.69 Å². The van der Waals surface area contributed by atoms with E-state index in [1.807, 2.05) is 54.6 Å². The summed E-state index contributed by atoms with van der Waals surface area (Å²) in [5.41, 5.74) is 2.47. The van der Waals surface area contributed by atoms with Crippen molar-refractivity contribution < 1.29 is 4.74 Å². The first-order valence-corrected chi connectivity index (χ1v) is 9.54. The van der Waals surface area contributed by atoms with Crippen molar-refractivity contribution >= 4 is 10.8 Å². The molecule has 5 heteroatoms. The molecule has 1 aromatic heterocycles. The van der Waals surface area contributed by atoms with Crippen LogP contribution in [-0.4, -0.2) is 9.55 Å². The normalized spacial score (nSPS) is 11.1. The monoisotopic (exact) mass is 386 g/mol. The zero-order valence-corrected chi connectivity index (χ0v) is 16.2. The number of H-pyrrole nitrogens is 1. The Morgan fingerprint density at radius 2 is 1.62 bits per heavy atom. The smallest absolute Gasteiger partial charge is 0.330 e. The van der Waals surface area contributed by atoms with Gasteiger partial charge in [0.15, 0.2) is 0 Å². The lowest BCUT2D eigenvalue weighted by molar-refractivity contribution is 0.0590. The van der Waals surface area contributed by atoms with Crippen LogP contribution in [0.1, 0.15) is 22.4 Å². The molecule has 0 aliphatic carbocycles. The summed E-state index contributed by atoms with van der Waals surface area (Å²) >= 11 is 0. The van der Waals surface area contributed by atoms with E-state index in [0.29, 0.717) is 24.3 Å². The molecule has 0 spiro atoms. The molecule has 146 valence electrons. The van der Waals surface area contributed by atoms with E-state index in [9.17, 15) is 9.59 Å². The summed E-state index contributed by atoms with van der Waals surface area (Å²) in [4.78, 5) is 27.2. The fourth-order valence-electron chi connectivity index (χ4n) is 3.54. The molecule has 0 saturated carbocycles. The Morgan fingerprint density at radius 1 is 0.897 bits per heavy atom. The van der Waals surface area contributed by atoms with Gasteiger partial charge in [0.25, 0.3) is 5.56 Å². The van der Waals surface area contributed by atoms with Gasteiger partial charge in [-0.2, -0.15) is 0 Å². The van der Waals surface area contributed by atoms with E-state index < -0.39 is 5.69 Å². The van der Waals surface area contributed by atoms with Crippen LogP contribution >= 0.6 is 0 Å². The van der Waals surface area contributed by atoms with Gasteiger partial charge in [0, 0.05) is 17.7 Å². The van der Waals surface area contributed by atoms with Crippen molar-refractivity contribution in [2.75, 3.05) is 0 Å². The number of nitrogens with zero attached hydrogens (tertiary/aromatic N) is 1. The third-order valence-electron chi connectivity index (χ3n) is 5.13. The summed E-state index contributed by atoms with van der Waals surface area (Å²) in [6.07, 6.45) is 0.473. The number of benzene rings is 3. The van der Waals surface area contributed by atoms with E-state index in [0.717, 1.165) is 21.9 Å². The summed E-state index contributed by atoms with van der Waals surface area (Å²) in [6, 6.07) is 24.0. The molecule has 1 N–H and O–H groups in total. The van der Waals surface area contributed by atoms with E-state index >= 15 is 0 Å². The second kappa shape index (κ2) is 8.29. The molecule has 0 atom stereocenters. The van der Waals surface area contributed by atoms with Crippen LogP contribution in [0.4, 0.5) is 0 Å². The van der Waals surface area contributed by atoms with Gasteiger partial charge in [-0.3, -0.25) is 14.3 Å². The average molecular weight is 386 g/mol. The number of ether oxygens (including phenoxy) is 1. The van der Waals surface area contributed by atoms with Crippen molar-refractivity contribution in [3.8, 4) is 0 Å². The fourth-order valence-corrected chi connectivity index (χ4v) is 3.54. The van der Waals surface area contributed by atoms with Crippen molar-refractivity contribution in [3.05, 3.63) is 116 Å². The molecule has 4 aromatic rings. The van der Waals surface area contributed by atoms with Crippen molar-refractivity contribution in [1.29, 1.82) is 0 Å². The molecule has 1 heterocycles. The van der Waals surface area contributed by atoms with Gasteiger partial charge in [0.2, 0.25) is 0 Å². The molecule has 29 heavy (non-hydrogen) atoms. The van der Waals surface area contributed by atoms with Gasteiger partial charge in [-0.05, 0) is 28.8 Å². The number of nitrogens with one attached hydrogen (secondary N) is 1. The fraction of sp³-hybridized carbons (Fsp3) is 0.167. The van der Waals surface area contributed by atoms with Gasteiger partial charge in [0.1, 0.15) is 6.73 Å². The minimum absolute atomic E-state index is 0.0748. The van der Waals surface area contributed by atoms with Crippen LogP contribution in [0.25, 0.3) is 10.8 Å². The zero-order valence-electron chi connectivity index (χ0n) is 16.2. The molecule has 0 fully saturated rings. The van der Waals surface area contributed by atoms with Gasteiger partial charge in [-0.25, -0.2) is 4.79 Å². The SMILES string of the molecule is Cc1c(Cc2cccc3ccccc23)n(COCc2ccccc2)c(=O)[nH]c1=O. The Kier molecular flexibility index (Phi) is 5.40. The Labute approximate surface area is 168 Å². The zero-order chi connectivity index (χ0) is 20.2. The number of hydrogen-bond donors (Lipinski definition) is 1.